The molecule has 4 heteroatoms. The molecule has 4 nitrogen and oxygen atoms in total. The van der Waals surface area contributed by atoms with Gasteiger partial charge in [-0.25, -0.2) is 0 Å². The first-order valence-corrected chi connectivity index (χ1v) is 6.89. The molecule has 1 saturated heterocycles. The van der Waals surface area contributed by atoms with Crippen molar-refractivity contribution in [3.05, 3.63) is 0 Å². The molecule has 0 aromatic rings. The molecule has 1 aliphatic carbocycles. The van der Waals surface area contributed by atoms with Gasteiger partial charge in [-0.2, -0.15) is 0 Å². The molecule has 2 aliphatic rings. The number of carbonyl (C=O) groups is 1. The minimum absolute atomic E-state index is 0.0372. The third kappa shape index (κ3) is 3.42. The molecule has 2 fully saturated rings. The second-order valence-electron chi connectivity index (χ2n) is 5.40. The van der Waals surface area contributed by atoms with E-state index in [9.17, 15) is 4.79 Å². The highest BCUT2D eigenvalue weighted by Gasteiger charge is 2.34. The fourth-order valence-corrected chi connectivity index (χ4v) is 2.80. The van der Waals surface area contributed by atoms with Gasteiger partial charge in [-0.15, -0.1) is 0 Å². The van der Waals surface area contributed by atoms with Gasteiger partial charge in [0, 0.05) is 13.2 Å². The number of hydrogen-bond donors (Lipinski definition) is 2. The van der Waals surface area contributed by atoms with Crippen molar-refractivity contribution >= 4 is 5.91 Å². The summed E-state index contributed by atoms with van der Waals surface area (Å²) in [6, 6.07) is 0. The van der Waals surface area contributed by atoms with Crippen LogP contribution in [0.2, 0.25) is 0 Å². The molecule has 1 amide bonds. The maximum Gasteiger partial charge on any atom is 0.240 e. The molecular formula is C13H24N2O2. The molecule has 1 unspecified atom stereocenters. The smallest absolute Gasteiger partial charge is 0.240 e. The van der Waals surface area contributed by atoms with Crippen LogP contribution in [-0.2, 0) is 9.53 Å². The second-order valence-corrected chi connectivity index (χ2v) is 5.40. The SMILES string of the molecule is NC1(C(=O)NCCC2CCCO2)CCCCC1. The third-order valence-electron chi connectivity index (χ3n) is 3.97. The summed E-state index contributed by atoms with van der Waals surface area (Å²) in [5.74, 6) is 0.0372. The van der Waals surface area contributed by atoms with Crippen LogP contribution < -0.4 is 11.1 Å². The normalized spacial score (nSPS) is 27.9. The van der Waals surface area contributed by atoms with Crippen LogP contribution in [0.1, 0.15) is 51.4 Å². The highest BCUT2D eigenvalue weighted by atomic mass is 16.5. The third-order valence-corrected chi connectivity index (χ3v) is 3.97. The Morgan fingerprint density at radius 2 is 2.06 bits per heavy atom. The molecule has 2 rings (SSSR count). The lowest BCUT2D eigenvalue weighted by Gasteiger charge is -2.31. The van der Waals surface area contributed by atoms with Gasteiger partial charge in [0.2, 0.25) is 5.91 Å². The van der Waals surface area contributed by atoms with E-state index in [0.717, 1.165) is 51.6 Å². The summed E-state index contributed by atoms with van der Waals surface area (Å²) < 4.78 is 5.52. The number of nitrogens with one attached hydrogen (secondary N) is 1. The van der Waals surface area contributed by atoms with Crippen molar-refractivity contribution in [3.8, 4) is 0 Å². The van der Waals surface area contributed by atoms with Crippen molar-refractivity contribution in [1.29, 1.82) is 0 Å². The van der Waals surface area contributed by atoms with E-state index in [2.05, 4.69) is 5.32 Å². The van der Waals surface area contributed by atoms with E-state index in [-0.39, 0.29) is 5.91 Å². The van der Waals surface area contributed by atoms with Crippen LogP contribution in [0.4, 0.5) is 0 Å². The van der Waals surface area contributed by atoms with Crippen LogP contribution in [0.15, 0.2) is 0 Å². The Kier molecular flexibility index (Phi) is 4.40. The summed E-state index contributed by atoms with van der Waals surface area (Å²) in [5, 5.41) is 2.98. The molecule has 17 heavy (non-hydrogen) atoms. The zero-order valence-corrected chi connectivity index (χ0v) is 10.5. The van der Waals surface area contributed by atoms with Gasteiger partial charge in [0.25, 0.3) is 0 Å². The van der Waals surface area contributed by atoms with Gasteiger partial charge in [0.05, 0.1) is 11.6 Å². The fourth-order valence-electron chi connectivity index (χ4n) is 2.80. The van der Waals surface area contributed by atoms with Gasteiger partial charge >= 0.3 is 0 Å². The quantitative estimate of drug-likeness (QED) is 0.779. The van der Waals surface area contributed by atoms with E-state index in [4.69, 9.17) is 10.5 Å². The average molecular weight is 240 g/mol. The van der Waals surface area contributed by atoms with Crippen molar-refractivity contribution in [2.75, 3.05) is 13.2 Å². The number of ether oxygens (including phenoxy) is 1. The predicted molar refractivity (Wildman–Crippen MR) is 66.6 cm³/mol. The van der Waals surface area contributed by atoms with Crippen molar-refractivity contribution < 1.29 is 9.53 Å². The van der Waals surface area contributed by atoms with Gasteiger partial charge in [0.15, 0.2) is 0 Å². The highest BCUT2D eigenvalue weighted by Crippen LogP contribution is 2.26. The van der Waals surface area contributed by atoms with Gasteiger partial charge in [-0.3, -0.25) is 4.79 Å². The van der Waals surface area contributed by atoms with Crippen molar-refractivity contribution in [3.63, 3.8) is 0 Å². The van der Waals surface area contributed by atoms with E-state index in [1.165, 1.54) is 6.42 Å². The van der Waals surface area contributed by atoms with E-state index in [1.54, 1.807) is 0 Å². The summed E-state index contributed by atoms with van der Waals surface area (Å²) in [4.78, 5) is 12.0. The minimum Gasteiger partial charge on any atom is -0.378 e. The van der Waals surface area contributed by atoms with E-state index < -0.39 is 5.54 Å². The van der Waals surface area contributed by atoms with Gasteiger partial charge in [-0.1, -0.05) is 19.3 Å². The molecule has 3 N–H and O–H groups in total. The first-order chi connectivity index (χ1) is 8.21. The lowest BCUT2D eigenvalue weighted by atomic mass is 9.82. The molecule has 0 bridgehead atoms. The molecule has 1 heterocycles. The molecule has 0 radical (unpaired) electrons. The Morgan fingerprint density at radius 3 is 2.71 bits per heavy atom. The summed E-state index contributed by atoms with van der Waals surface area (Å²) >= 11 is 0. The van der Waals surface area contributed by atoms with Crippen LogP contribution in [0.25, 0.3) is 0 Å². The molecule has 1 aliphatic heterocycles. The minimum atomic E-state index is -0.602. The zero-order valence-electron chi connectivity index (χ0n) is 10.5. The average Bonchev–Trinajstić information content (AvgIpc) is 2.83. The molecule has 1 saturated carbocycles. The van der Waals surface area contributed by atoms with E-state index in [1.807, 2.05) is 0 Å². The molecule has 0 aromatic heterocycles. The Morgan fingerprint density at radius 1 is 1.29 bits per heavy atom. The van der Waals surface area contributed by atoms with Crippen LogP contribution >= 0.6 is 0 Å². The first kappa shape index (κ1) is 12.8. The number of nitrogens with two attached hydrogens (primary N) is 1. The van der Waals surface area contributed by atoms with Gasteiger partial charge in [-0.05, 0) is 32.1 Å². The van der Waals surface area contributed by atoms with Crippen molar-refractivity contribution in [2.45, 2.75) is 63.0 Å². The van der Waals surface area contributed by atoms with Crippen LogP contribution in [-0.4, -0.2) is 30.7 Å². The monoisotopic (exact) mass is 240 g/mol. The number of carbonyl (C=O) groups excluding carboxylic acids is 1. The molecule has 0 aromatic carbocycles. The zero-order chi connectivity index (χ0) is 12.1. The summed E-state index contributed by atoms with van der Waals surface area (Å²) in [6.45, 7) is 1.57. The van der Waals surface area contributed by atoms with E-state index in [0.29, 0.717) is 12.6 Å². The standard InChI is InChI=1S/C13H24N2O2/c14-13(7-2-1-3-8-13)12(16)15-9-6-11-5-4-10-17-11/h11H,1-10,14H2,(H,15,16). The highest BCUT2D eigenvalue weighted by molar-refractivity contribution is 5.86. The Hall–Kier alpha value is -0.610. The molecular weight excluding hydrogens is 216 g/mol. The van der Waals surface area contributed by atoms with Crippen LogP contribution in [0.5, 0.6) is 0 Å². The Balaban J connectivity index is 1.68. The Bertz CT molecular complexity index is 256. The first-order valence-electron chi connectivity index (χ1n) is 6.89. The topological polar surface area (TPSA) is 64.4 Å². The molecule has 1 atom stereocenters. The van der Waals surface area contributed by atoms with Crippen molar-refractivity contribution in [1.82, 2.24) is 5.32 Å². The van der Waals surface area contributed by atoms with Crippen LogP contribution in [0, 0.1) is 0 Å². The van der Waals surface area contributed by atoms with Crippen LogP contribution in [0.3, 0.4) is 0 Å². The lowest BCUT2D eigenvalue weighted by Crippen LogP contribution is -2.55. The summed E-state index contributed by atoms with van der Waals surface area (Å²) in [5.41, 5.74) is 5.55. The number of hydrogen-bond acceptors (Lipinski definition) is 3. The maximum atomic E-state index is 12.0. The van der Waals surface area contributed by atoms with Crippen molar-refractivity contribution in [2.24, 2.45) is 5.73 Å². The maximum absolute atomic E-state index is 12.0. The molecule has 0 spiro atoms. The van der Waals surface area contributed by atoms with Gasteiger partial charge in [0.1, 0.15) is 0 Å². The number of rotatable bonds is 4. The summed E-state index contributed by atoms with van der Waals surface area (Å²) in [6.07, 6.45) is 8.57. The predicted octanol–water partition coefficient (Wildman–Crippen LogP) is 1.33. The number of amides is 1. The Labute approximate surface area is 103 Å². The largest absolute Gasteiger partial charge is 0.378 e. The second kappa shape index (κ2) is 5.83. The molecule has 98 valence electrons. The summed E-state index contributed by atoms with van der Waals surface area (Å²) in [7, 11) is 0. The lowest BCUT2D eigenvalue weighted by molar-refractivity contribution is -0.127. The van der Waals surface area contributed by atoms with Gasteiger partial charge < -0.3 is 15.8 Å². The fraction of sp³-hybridized carbons (Fsp3) is 0.923. The van der Waals surface area contributed by atoms with E-state index >= 15 is 0 Å².